The molecular formula is C16H24N2. The summed E-state index contributed by atoms with van der Waals surface area (Å²) in [7, 11) is 2.16. The van der Waals surface area contributed by atoms with E-state index in [1.54, 1.807) is 0 Å². The first-order valence-corrected chi connectivity index (χ1v) is 6.78. The first kappa shape index (κ1) is 13.2. The van der Waals surface area contributed by atoms with Crippen molar-refractivity contribution < 1.29 is 0 Å². The highest BCUT2D eigenvalue weighted by atomic mass is 14.9. The van der Waals surface area contributed by atoms with Gasteiger partial charge in [-0.25, -0.2) is 0 Å². The number of nitrogens with one attached hydrogen (secondary N) is 1. The molecule has 0 aliphatic rings. The monoisotopic (exact) mass is 244 g/mol. The smallest absolute Gasteiger partial charge is 0.0485 e. The van der Waals surface area contributed by atoms with Gasteiger partial charge in [0.15, 0.2) is 0 Å². The van der Waals surface area contributed by atoms with Crippen LogP contribution in [-0.4, -0.2) is 17.2 Å². The van der Waals surface area contributed by atoms with Gasteiger partial charge in [-0.1, -0.05) is 26.0 Å². The topological polar surface area (TPSA) is 17.0 Å². The molecule has 0 bridgehead atoms. The van der Waals surface area contributed by atoms with Crippen LogP contribution >= 0.6 is 0 Å². The van der Waals surface area contributed by atoms with Crippen molar-refractivity contribution in [3.05, 3.63) is 35.0 Å². The molecule has 18 heavy (non-hydrogen) atoms. The van der Waals surface area contributed by atoms with Crippen LogP contribution < -0.4 is 5.32 Å². The molecule has 0 aliphatic heterocycles. The largest absolute Gasteiger partial charge is 0.348 e. The van der Waals surface area contributed by atoms with Crippen molar-refractivity contribution in [1.29, 1.82) is 0 Å². The van der Waals surface area contributed by atoms with Crippen molar-refractivity contribution in [3.8, 4) is 0 Å². The van der Waals surface area contributed by atoms with Crippen molar-refractivity contribution in [3.63, 3.8) is 0 Å². The molecule has 1 N–H and O–H groups in total. The summed E-state index contributed by atoms with van der Waals surface area (Å²) in [4.78, 5) is 0. The quantitative estimate of drug-likeness (QED) is 0.873. The number of nitrogens with zero attached hydrogens (tertiary/aromatic N) is 1. The fraction of sp³-hybridized carbons (Fsp3) is 0.500. The number of aryl methyl sites for hydroxylation is 2. The van der Waals surface area contributed by atoms with E-state index in [9.17, 15) is 0 Å². The van der Waals surface area contributed by atoms with Gasteiger partial charge in [0.1, 0.15) is 0 Å². The van der Waals surface area contributed by atoms with E-state index in [2.05, 4.69) is 62.8 Å². The average molecular weight is 244 g/mol. The number of hydrogen-bond acceptors (Lipinski definition) is 1. The number of rotatable bonds is 4. The molecule has 0 saturated heterocycles. The zero-order valence-corrected chi connectivity index (χ0v) is 12.2. The van der Waals surface area contributed by atoms with Crippen LogP contribution in [0.1, 0.15) is 30.7 Å². The Bertz CT molecular complexity index is 550. The Morgan fingerprint density at radius 2 is 1.94 bits per heavy atom. The normalized spacial score (nSPS) is 11.7. The van der Waals surface area contributed by atoms with Crippen molar-refractivity contribution in [2.45, 2.75) is 40.2 Å². The summed E-state index contributed by atoms with van der Waals surface area (Å²) in [5.74, 6) is 0. The molecule has 0 radical (unpaired) electrons. The van der Waals surface area contributed by atoms with E-state index in [0.717, 1.165) is 13.0 Å². The first-order valence-electron chi connectivity index (χ1n) is 6.78. The standard InChI is InChI=1S/C16H24N2/c1-11(2)17-9-8-14-13(4)18(5)16-10-12(3)6-7-15(14)16/h6-7,10-11,17H,8-9H2,1-5H3. The molecule has 1 aromatic carbocycles. The summed E-state index contributed by atoms with van der Waals surface area (Å²) in [5, 5.41) is 4.91. The maximum atomic E-state index is 3.50. The van der Waals surface area contributed by atoms with E-state index < -0.39 is 0 Å². The molecule has 1 heterocycles. The van der Waals surface area contributed by atoms with E-state index in [4.69, 9.17) is 0 Å². The molecule has 0 saturated carbocycles. The van der Waals surface area contributed by atoms with E-state index in [1.165, 1.54) is 27.7 Å². The van der Waals surface area contributed by atoms with Gasteiger partial charge in [0.2, 0.25) is 0 Å². The Balaban J connectivity index is 2.35. The van der Waals surface area contributed by atoms with Gasteiger partial charge >= 0.3 is 0 Å². The molecule has 98 valence electrons. The molecule has 2 heteroatoms. The molecule has 0 aliphatic carbocycles. The number of benzene rings is 1. The van der Waals surface area contributed by atoms with Crippen molar-refractivity contribution >= 4 is 10.9 Å². The Hall–Kier alpha value is -1.28. The molecule has 0 fully saturated rings. The van der Waals surface area contributed by atoms with Crippen LogP contribution in [0.2, 0.25) is 0 Å². The third-order valence-corrected chi connectivity index (χ3v) is 3.71. The lowest BCUT2D eigenvalue weighted by Gasteiger charge is -2.08. The molecule has 0 atom stereocenters. The van der Waals surface area contributed by atoms with Crippen molar-refractivity contribution in [2.75, 3.05) is 6.54 Å². The minimum Gasteiger partial charge on any atom is -0.348 e. The number of hydrogen-bond donors (Lipinski definition) is 1. The SMILES string of the molecule is Cc1ccc2c(CCNC(C)C)c(C)n(C)c2c1. The van der Waals surface area contributed by atoms with Gasteiger partial charge in [0.25, 0.3) is 0 Å². The Morgan fingerprint density at radius 3 is 2.61 bits per heavy atom. The first-order chi connectivity index (χ1) is 8.50. The lowest BCUT2D eigenvalue weighted by molar-refractivity contribution is 0.590. The van der Waals surface area contributed by atoms with E-state index in [-0.39, 0.29) is 0 Å². The van der Waals surface area contributed by atoms with Crippen LogP contribution in [0.5, 0.6) is 0 Å². The van der Waals surface area contributed by atoms with E-state index >= 15 is 0 Å². The third-order valence-electron chi connectivity index (χ3n) is 3.71. The summed E-state index contributed by atoms with van der Waals surface area (Å²) in [6.45, 7) is 9.81. The lowest BCUT2D eigenvalue weighted by atomic mass is 10.1. The van der Waals surface area contributed by atoms with Crippen LogP contribution in [-0.2, 0) is 13.5 Å². The number of fused-ring (bicyclic) bond motifs is 1. The zero-order valence-electron chi connectivity index (χ0n) is 12.2. The minimum absolute atomic E-state index is 0.558. The van der Waals surface area contributed by atoms with Crippen LogP contribution in [0.4, 0.5) is 0 Å². The van der Waals surface area contributed by atoms with Crippen LogP contribution in [0.3, 0.4) is 0 Å². The second kappa shape index (κ2) is 5.15. The summed E-state index contributed by atoms with van der Waals surface area (Å²) in [5.41, 5.74) is 5.56. The zero-order chi connectivity index (χ0) is 13.3. The van der Waals surface area contributed by atoms with Crippen molar-refractivity contribution in [1.82, 2.24) is 9.88 Å². The van der Waals surface area contributed by atoms with E-state index in [1.807, 2.05) is 0 Å². The molecule has 1 aromatic heterocycles. The summed E-state index contributed by atoms with van der Waals surface area (Å²) >= 11 is 0. The van der Waals surface area contributed by atoms with Gasteiger partial charge in [-0.15, -0.1) is 0 Å². The molecule has 0 spiro atoms. The molecular weight excluding hydrogens is 220 g/mol. The second-order valence-corrected chi connectivity index (χ2v) is 5.50. The highest BCUT2D eigenvalue weighted by molar-refractivity contribution is 5.86. The predicted molar refractivity (Wildman–Crippen MR) is 79.2 cm³/mol. The fourth-order valence-corrected chi connectivity index (χ4v) is 2.55. The third kappa shape index (κ3) is 2.44. The minimum atomic E-state index is 0.558. The molecule has 2 aromatic rings. The van der Waals surface area contributed by atoms with E-state index in [0.29, 0.717) is 6.04 Å². The van der Waals surface area contributed by atoms with Gasteiger partial charge in [-0.3, -0.25) is 0 Å². The fourth-order valence-electron chi connectivity index (χ4n) is 2.55. The summed E-state index contributed by atoms with van der Waals surface area (Å²) < 4.78 is 2.31. The van der Waals surface area contributed by atoms with Crippen molar-refractivity contribution in [2.24, 2.45) is 7.05 Å². The highest BCUT2D eigenvalue weighted by Crippen LogP contribution is 2.26. The number of aromatic nitrogens is 1. The van der Waals surface area contributed by atoms with Gasteiger partial charge < -0.3 is 9.88 Å². The van der Waals surface area contributed by atoms with Crippen LogP contribution in [0.25, 0.3) is 10.9 Å². The maximum Gasteiger partial charge on any atom is 0.0485 e. The molecule has 2 rings (SSSR count). The van der Waals surface area contributed by atoms with Gasteiger partial charge in [0, 0.05) is 29.7 Å². The maximum absolute atomic E-state index is 3.50. The molecule has 0 unspecified atom stereocenters. The van der Waals surface area contributed by atoms with Gasteiger partial charge in [-0.2, -0.15) is 0 Å². The Morgan fingerprint density at radius 1 is 1.22 bits per heavy atom. The van der Waals surface area contributed by atoms with Gasteiger partial charge in [-0.05, 0) is 44.0 Å². The van der Waals surface area contributed by atoms with Gasteiger partial charge in [0.05, 0.1) is 0 Å². The second-order valence-electron chi connectivity index (χ2n) is 5.50. The van der Waals surface area contributed by atoms with Crippen LogP contribution in [0, 0.1) is 13.8 Å². The van der Waals surface area contributed by atoms with Crippen LogP contribution in [0.15, 0.2) is 18.2 Å². The Kier molecular flexibility index (Phi) is 3.76. The highest BCUT2D eigenvalue weighted by Gasteiger charge is 2.11. The summed E-state index contributed by atoms with van der Waals surface area (Å²) in [6, 6.07) is 7.31. The molecule has 0 amide bonds. The molecule has 2 nitrogen and oxygen atoms in total. The Labute approximate surface area is 110 Å². The predicted octanol–water partition coefficient (Wildman–Crippen LogP) is 3.34. The lowest BCUT2D eigenvalue weighted by Crippen LogP contribution is -2.25. The summed E-state index contributed by atoms with van der Waals surface area (Å²) in [6.07, 6.45) is 1.10. The average Bonchev–Trinajstić information content (AvgIpc) is 2.54.